The number of nitrogens with two attached hydrogens (primary N) is 2. The van der Waals surface area contributed by atoms with Gasteiger partial charge in [0.15, 0.2) is 0 Å². The molecule has 0 heterocycles. The van der Waals surface area contributed by atoms with Crippen molar-refractivity contribution < 1.29 is 18.0 Å². The van der Waals surface area contributed by atoms with Gasteiger partial charge in [0.2, 0.25) is 21.8 Å². The second-order valence-electron chi connectivity index (χ2n) is 3.81. The van der Waals surface area contributed by atoms with Crippen LogP contribution in [-0.2, 0) is 19.6 Å². The summed E-state index contributed by atoms with van der Waals surface area (Å²) < 4.78 is 25.2. The molecule has 4 N–H and O–H groups in total. The van der Waals surface area contributed by atoms with Gasteiger partial charge in [-0.1, -0.05) is 12.1 Å². The lowest BCUT2D eigenvalue weighted by Gasteiger charge is -2.19. The van der Waals surface area contributed by atoms with Crippen molar-refractivity contribution in [2.24, 2.45) is 11.5 Å². The first-order valence-electron chi connectivity index (χ1n) is 5.35. The normalized spacial score (nSPS) is 11.0. The number of hydrogen-bond acceptors (Lipinski definition) is 5. The van der Waals surface area contributed by atoms with Gasteiger partial charge in [-0.2, -0.15) is 9.57 Å². The number of carbonyl (C=O) groups is 2. The van der Waals surface area contributed by atoms with Crippen LogP contribution in [0, 0.1) is 11.3 Å². The van der Waals surface area contributed by atoms with Gasteiger partial charge in [-0.05, 0) is 12.1 Å². The second-order valence-corrected chi connectivity index (χ2v) is 5.72. The molecule has 0 saturated heterocycles. The van der Waals surface area contributed by atoms with Gasteiger partial charge in [-0.3, -0.25) is 9.59 Å². The van der Waals surface area contributed by atoms with E-state index in [1.807, 2.05) is 0 Å². The predicted octanol–water partition coefficient (Wildman–Crippen LogP) is -1.48. The number of carbonyl (C=O) groups excluding carboxylic acids is 2. The summed E-state index contributed by atoms with van der Waals surface area (Å²) in [6.45, 7) is -1.41. The van der Waals surface area contributed by atoms with Crippen LogP contribution in [0.4, 0.5) is 0 Å². The van der Waals surface area contributed by atoms with Crippen LogP contribution in [0.1, 0.15) is 5.56 Å². The van der Waals surface area contributed by atoms with Gasteiger partial charge in [0.05, 0.1) is 23.5 Å². The molecule has 0 spiro atoms. The molecule has 0 fully saturated rings. The number of primary amides is 2. The monoisotopic (exact) mass is 296 g/mol. The smallest absolute Gasteiger partial charge is 0.245 e. The highest BCUT2D eigenvalue weighted by Crippen LogP contribution is 2.19. The fourth-order valence-corrected chi connectivity index (χ4v) is 3.01. The first-order chi connectivity index (χ1) is 9.28. The Morgan fingerprint density at radius 1 is 1.15 bits per heavy atom. The standard InChI is InChI=1S/C11H12N4O4S/c12-5-8-3-1-2-4-9(8)20(18,19)15(6-10(13)16)7-11(14)17/h1-4H,6-7H2,(H2,13,16)(H2,14,17). The predicted molar refractivity (Wildman–Crippen MR) is 68.3 cm³/mol. The van der Waals surface area contributed by atoms with E-state index in [0.717, 1.165) is 0 Å². The Morgan fingerprint density at radius 3 is 2.10 bits per heavy atom. The summed E-state index contributed by atoms with van der Waals surface area (Å²) in [7, 11) is -4.22. The van der Waals surface area contributed by atoms with Gasteiger partial charge in [0.1, 0.15) is 6.07 Å². The van der Waals surface area contributed by atoms with Crippen molar-refractivity contribution in [1.82, 2.24) is 4.31 Å². The minimum atomic E-state index is -4.22. The molecule has 0 saturated carbocycles. The number of nitriles is 1. The van der Waals surface area contributed by atoms with E-state index >= 15 is 0 Å². The zero-order valence-electron chi connectivity index (χ0n) is 10.3. The minimum absolute atomic E-state index is 0.105. The lowest BCUT2D eigenvalue weighted by molar-refractivity contribution is -0.120. The number of nitrogens with zero attached hydrogens (tertiary/aromatic N) is 2. The summed E-state index contributed by atoms with van der Waals surface area (Å²) in [5.74, 6) is -1.88. The molecular weight excluding hydrogens is 284 g/mol. The molecular formula is C11H12N4O4S. The van der Waals surface area contributed by atoms with Crippen LogP contribution in [0.5, 0.6) is 0 Å². The molecule has 0 atom stereocenters. The second kappa shape index (κ2) is 6.14. The molecule has 1 aromatic carbocycles. The molecule has 0 aliphatic rings. The van der Waals surface area contributed by atoms with Crippen molar-refractivity contribution >= 4 is 21.8 Å². The number of hydrogen-bond donors (Lipinski definition) is 2. The van der Waals surface area contributed by atoms with Crippen molar-refractivity contribution in [3.05, 3.63) is 29.8 Å². The van der Waals surface area contributed by atoms with Gasteiger partial charge in [0, 0.05) is 0 Å². The number of benzene rings is 1. The van der Waals surface area contributed by atoms with Crippen molar-refractivity contribution in [1.29, 1.82) is 5.26 Å². The summed E-state index contributed by atoms with van der Waals surface area (Å²) in [5.41, 5.74) is 9.80. The van der Waals surface area contributed by atoms with Gasteiger partial charge in [0.25, 0.3) is 0 Å². The lowest BCUT2D eigenvalue weighted by Crippen LogP contribution is -2.43. The molecule has 0 aliphatic carbocycles. The van der Waals surface area contributed by atoms with E-state index in [1.54, 1.807) is 6.07 Å². The third-order valence-electron chi connectivity index (χ3n) is 2.29. The quantitative estimate of drug-likeness (QED) is 0.656. The van der Waals surface area contributed by atoms with E-state index in [-0.39, 0.29) is 10.5 Å². The fourth-order valence-electron chi connectivity index (χ4n) is 1.50. The van der Waals surface area contributed by atoms with E-state index in [1.165, 1.54) is 24.3 Å². The average Bonchev–Trinajstić information content (AvgIpc) is 2.36. The molecule has 2 amide bonds. The van der Waals surface area contributed by atoms with E-state index < -0.39 is 34.9 Å². The molecule has 0 aliphatic heterocycles. The van der Waals surface area contributed by atoms with Crippen LogP contribution in [-0.4, -0.2) is 37.6 Å². The summed E-state index contributed by atoms with van der Waals surface area (Å²) in [4.78, 5) is 21.5. The molecule has 0 radical (unpaired) electrons. The Balaban J connectivity index is 3.32. The Labute approximate surface area is 115 Å². The highest BCUT2D eigenvalue weighted by atomic mass is 32.2. The zero-order chi connectivity index (χ0) is 15.3. The highest BCUT2D eigenvalue weighted by Gasteiger charge is 2.29. The van der Waals surface area contributed by atoms with E-state index in [9.17, 15) is 18.0 Å². The minimum Gasteiger partial charge on any atom is -0.369 e. The van der Waals surface area contributed by atoms with E-state index in [0.29, 0.717) is 4.31 Å². The number of amides is 2. The molecule has 1 aromatic rings. The van der Waals surface area contributed by atoms with Gasteiger partial charge in [-0.15, -0.1) is 0 Å². The summed E-state index contributed by atoms with van der Waals surface area (Å²) in [6, 6.07) is 7.13. The third kappa shape index (κ3) is 3.53. The molecule has 1 rings (SSSR count). The van der Waals surface area contributed by atoms with Gasteiger partial charge < -0.3 is 11.5 Å². The topological polar surface area (TPSA) is 147 Å². The summed E-state index contributed by atoms with van der Waals surface area (Å²) in [6.07, 6.45) is 0. The van der Waals surface area contributed by atoms with Gasteiger partial charge in [-0.25, -0.2) is 8.42 Å². The lowest BCUT2D eigenvalue weighted by atomic mass is 10.2. The van der Waals surface area contributed by atoms with E-state index in [2.05, 4.69) is 0 Å². The summed E-state index contributed by atoms with van der Waals surface area (Å²) >= 11 is 0. The Bertz CT molecular complexity index is 662. The van der Waals surface area contributed by atoms with Gasteiger partial charge >= 0.3 is 0 Å². The fraction of sp³-hybridized carbons (Fsp3) is 0.182. The first kappa shape index (κ1) is 15.6. The van der Waals surface area contributed by atoms with Crippen molar-refractivity contribution in [2.45, 2.75) is 4.90 Å². The van der Waals surface area contributed by atoms with Crippen molar-refractivity contribution in [2.75, 3.05) is 13.1 Å². The largest absolute Gasteiger partial charge is 0.369 e. The van der Waals surface area contributed by atoms with Crippen LogP contribution in [0.3, 0.4) is 0 Å². The van der Waals surface area contributed by atoms with Crippen LogP contribution in [0.25, 0.3) is 0 Å². The molecule has 8 nitrogen and oxygen atoms in total. The Morgan fingerprint density at radius 2 is 1.65 bits per heavy atom. The highest BCUT2D eigenvalue weighted by molar-refractivity contribution is 7.89. The first-order valence-corrected chi connectivity index (χ1v) is 6.79. The molecule has 20 heavy (non-hydrogen) atoms. The number of rotatable bonds is 6. The van der Waals surface area contributed by atoms with Crippen molar-refractivity contribution in [3.63, 3.8) is 0 Å². The summed E-state index contributed by atoms with van der Waals surface area (Å²) in [5, 5.41) is 8.91. The van der Waals surface area contributed by atoms with Crippen molar-refractivity contribution in [3.8, 4) is 6.07 Å². The number of sulfonamides is 1. The maximum absolute atomic E-state index is 12.3. The molecule has 0 aromatic heterocycles. The molecule has 0 unspecified atom stereocenters. The van der Waals surface area contributed by atoms with Crippen LogP contribution in [0.15, 0.2) is 29.2 Å². The van der Waals surface area contributed by atoms with Crippen LogP contribution < -0.4 is 11.5 Å². The molecule has 9 heteroatoms. The molecule has 106 valence electrons. The third-order valence-corrected chi connectivity index (χ3v) is 4.14. The Kier molecular flexibility index (Phi) is 4.79. The average molecular weight is 296 g/mol. The molecule has 0 bridgehead atoms. The maximum atomic E-state index is 12.3. The van der Waals surface area contributed by atoms with Crippen LogP contribution >= 0.6 is 0 Å². The van der Waals surface area contributed by atoms with Crippen LogP contribution in [0.2, 0.25) is 0 Å². The SMILES string of the molecule is N#Cc1ccccc1S(=O)(=O)N(CC(N)=O)CC(N)=O. The van der Waals surface area contributed by atoms with E-state index in [4.69, 9.17) is 16.7 Å². The Hall–Kier alpha value is -2.44. The zero-order valence-corrected chi connectivity index (χ0v) is 11.1. The maximum Gasteiger partial charge on any atom is 0.245 e.